The number of unbranched alkanes of at least 4 members (excludes halogenated alkanes) is 1. The molecule has 1 rings (SSSR count). The highest BCUT2D eigenvalue weighted by Crippen LogP contribution is 2.33. The van der Waals surface area contributed by atoms with Gasteiger partial charge in [-0.2, -0.15) is 0 Å². The summed E-state index contributed by atoms with van der Waals surface area (Å²) < 4.78 is 0. The Kier molecular flexibility index (Phi) is 3.09. The van der Waals surface area contributed by atoms with Crippen molar-refractivity contribution in [2.75, 3.05) is 0 Å². The summed E-state index contributed by atoms with van der Waals surface area (Å²) in [6.45, 7) is 0. The Hall–Kier alpha value is -0.570. The van der Waals surface area contributed by atoms with Crippen LogP contribution in [0.2, 0.25) is 0 Å². The maximum Gasteiger partial charge on any atom is 0.303 e. The fourth-order valence-corrected chi connectivity index (χ4v) is 1.63. The van der Waals surface area contributed by atoms with Crippen LogP contribution in [0.3, 0.4) is 0 Å². The van der Waals surface area contributed by atoms with E-state index in [1.165, 1.54) is 6.42 Å². The Morgan fingerprint density at radius 1 is 1.42 bits per heavy atom. The molecule has 70 valence electrons. The van der Waals surface area contributed by atoms with Gasteiger partial charge in [0.2, 0.25) is 0 Å². The standard InChI is InChI=1S/C9H17NO2/c10-9(6-3-7-9)5-2-1-4-8(11)12/h1-7,10H2,(H,11,12). The summed E-state index contributed by atoms with van der Waals surface area (Å²) in [6.07, 6.45) is 6.52. The lowest BCUT2D eigenvalue weighted by Crippen LogP contribution is -2.46. The monoisotopic (exact) mass is 171 g/mol. The van der Waals surface area contributed by atoms with Crippen molar-refractivity contribution < 1.29 is 9.90 Å². The minimum absolute atomic E-state index is 0.0680. The molecule has 3 heteroatoms. The van der Waals surface area contributed by atoms with Gasteiger partial charge in [0.05, 0.1) is 0 Å². The summed E-state index contributed by atoms with van der Waals surface area (Å²) in [6, 6.07) is 0. The molecule has 12 heavy (non-hydrogen) atoms. The van der Waals surface area contributed by atoms with Gasteiger partial charge in [0.1, 0.15) is 0 Å². The largest absolute Gasteiger partial charge is 0.481 e. The maximum absolute atomic E-state index is 10.2. The van der Waals surface area contributed by atoms with E-state index in [9.17, 15) is 4.79 Å². The van der Waals surface area contributed by atoms with E-state index in [-0.39, 0.29) is 12.0 Å². The summed E-state index contributed by atoms with van der Waals surface area (Å²) in [5, 5.41) is 8.38. The van der Waals surface area contributed by atoms with E-state index in [1.807, 2.05) is 0 Å². The van der Waals surface area contributed by atoms with Crippen LogP contribution in [0, 0.1) is 0 Å². The van der Waals surface area contributed by atoms with E-state index in [4.69, 9.17) is 10.8 Å². The first kappa shape index (κ1) is 9.52. The maximum atomic E-state index is 10.2. The fraction of sp³-hybridized carbons (Fsp3) is 0.889. The van der Waals surface area contributed by atoms with E-state index >= 15 is 0 Å². The number of hydrogen-bond donors (Lipinski definition) is 2. The van der Waals surface area contributed by atoms with Crippen LogP contribution >= 0.6 is 0 Å². The number of hydrogen-bond acceptors (Lipinski definition) is 2. The molecule has 3 N–H and O–H groups in total. The molecular formula is C9H17NO2. The molecule has 1 aliphatic rings. The molecule has 0 radical (unpaired) electrons. The molecule has 0 bridgehead atoms. The van der Waals surface area contributed by atoms with Crippen molar-refractivity contribution in [1.29, 1.82) is 0 Å². The van der Waals surface area contributed by atoms with Crippen LogP contribution in [0.4, 0.5) is 0 Å². The second-order valence-corrected chi connectivity index (χ2v) is 3.82. The molecule has 1 fully saturated rings. The van der Waals surface area contributed by atoms with E-state index in [1.54, 1.807) is 0 Å². The highest BCUT2D eigenvalue weighted by Gasteiger charge is 2.31. The SMILES string of the molecule is NC1(CCCCC(=O)O)CCC1. The second kappa shape index (κ2) is 3.90. The van der Waals surface area contributed by atoms with Gasteiger partial charge in [-0.05, 0) is 32.1 Å². The van der Waals surface area contributed by atoms with Crippen molar-refractivity contribution >= 4 is 5.97 Å². The van der Waals surface area contributed by atoms with Gasteiger partial charge >= 0.3 is 5.97 Å². The third-order valence-corrected chi connectivity index (χ3v) is 2.66. The highest BCUT2D eigenvalue weighted by atomic mass is 16.4. The number of carboxylic acids is 1. The predicted octanol–water partition coefficient (Wildman–Crippen LogP) is 1.51. The molecule has 0 aromatic carbocycles. The second-order valence-electron chi connectivity index (χ2n) is 3.82. The zero-order chi connectivity index (χ0) is 9.03. The average molecular weight is 171 g/mol. The molecule has 0 spiro atoms. The molecule has 0 aliphatic heterocycles. The van der Waals surface area contributed by atoms with Gasteiger partial charge in [0.25, 0.3) is 0 Å². The molecule has 0 saturated heterocycles. The Morgan fingerprint density at radius 2 is 2.08 bits per heavy atom. The van der Waals surface area contributed by atoms with Crippen LogP contribution in [0.5, 0.6) is 0 Å². The van der Waals surface area contributed by atoms with Crippen LogP contribution in [-0.2, 0) is 4.79 Å². The van der Waals surface area contributed by atoms with Gasteiger partial charge in [-0.3, -0.25) is 4.79 Å². The van der Waals surface area contributed by atoms with Gasteiger partial charge in [-0.25, -0.2) is 0 Å². The van der Waals surface area contributed by atoms with Crippen molar-refractivity contribution in [3.63, 3.8) is 0 Å². The summed E-state index contributed by atoms with van der Waals surface area (Å²) in [5.41, 5.74) is 6.04. The molecule has 1 aliphatic carbocycles. The zero-order valence-corrected chi connectivity index (χ0v) is 7.38. The number of carboxylic acid groups (broad SMARTS) is 1. The van der Waals surface area contributed by atoms with Crippen LogP contribution in [0.1, 0.15) is 44.9 Å². The Morgan fingerprint density at radius 3 is 2.50 bits per heavy atom. The fourth-order valence-electron chi connectivity index (χ4n) is 1.63. The number of rotatable bonds is 5. The van der Waals surface area contributed by atoms with Crippen molar-refractivity contribution in [3.8, 4) is 0 Å². The van der Waals surface area contributed by atoms with Gasteiger partial charge in [-0.1, -0.05) is 6.42 Å². The lowest BCUT2D eigenvalue weighted by molar-refractivity contribution is -0.137. The normalized spacial score (nSPS) is 20.1. The van der Waals surface area contributed by atoms with E-state index < -0.39 is 5.97 Å². The van der Waals surface area contributed by atoms with Crippen LogP contribution in [-0.4, -0.2) is 16.6 Å². The van der Waals surface area contributed by atoms with E-state index in [0.29, 0.717) is 0 Å². The third-order valence-electron chi connectivity index (χ3n) is 2.66. The number of aliphatic carboxylic acids is 1. The molecule has 3 nitrogen and oxygen atoms in total. The van der Waals surface area contributed by atoms with Crippen molar-refractivity contribution in [1.82, 2.24) is 0 Å². The molecule has 1 saturated carbocycles. The van der Waals surface area contributed by atoms with Gasteiger partial charge in [-0.15, -0.1) is 0 Å². The molecule has 0 amide bonds. The molecule has 0 atom stereocenters. The van der Waals surface area contributed by atoms with Crippen LogP contribution in [0.25, 0.3) is 0 Å². The lowest BCUT2D eigenvalue weighted by Gasteiger charge is -2.38. The minimum Gasteiger partial charge on any atom is -0.481 e. The Balaban J connectivity index is 1.98. The summed E-state index contributed by atoms with van der Waals surface area (Å²) >= 11 is 0. The lowest BCUT2D eigenvalue weighted by atomic mass is 9.74. The average Bonchev–Trinajstić information content (AvgIpc) is 1.94. The molecule has 0 heterocycles. The van der Waals surface area contributed by atoms with Gasteiger partial charge in [0.15, 0.2) is 0 Å². The van der Waals surface area contributed by atoms with Crippen molar-refractivity contribution in [3.05, 3.63) is 0 Å². The highest BCUT2D eigenvalue weighted by molar-refractivity contribution is 5.66. The first-order valence-corrected chi connectivity index (χ1v) is 4.63. The zero-order valence-electron chi connectivity index (χ0n) is 7.38. The summed E-state index contributed by atoms with van der Waals surface area (Å²) in [4.78, 5) is 10.2. The first-order chi connectivity index (χ1) is 5.62. The quantitative estimate of drug-likeness (QED) is 0.616. The molecule has 0 unspecified atom stereocenters. The molecule has 0 aromatic rings. The Labute approximate surface area is 72.9 Å². The number of nitrogens with two attached hydrogens (primary N) is 1. The Bertz CT molecular complexity index is 164. The topological polar surface area (TPSA) is 63.3 Å². The van der Waals surface area contributed by atoms with Crippen molar-refractivity contribution in [2.45, 2.75) is 50.5 Å². The van der Waals surface area contributed by atoms with E-state index in [0.717, 1.165) is 32.1 Å². The minimum atomic E-state index is -0.699. The van der Waals surface area contributed by atoms with Crippen molar-refractivity contribution in [2.24, 2.45) is 5.73 Å². The van der Waals surface area contributed by atoms with E-state index in [2.05, 4.69) is 0 Å². The van der Waals surface area contributed by atoms with Gasteiger partial charge in [0, 0.05) is 12.0 Å². The van der Waals surface area contributed by atoms with Crippen LogP contribution in [0.15, 0.2) is 0 Å². The number of carbonyl (C=O) groups is 1. The molecular weight excluding hydrogens is 154 g/mol. The smallest absolute Gasteiger partial charge is 0.303 e. The summed E-state index contributed by atoms with van der Waals surface area (Å²) in [5.74, 6) is -0.699. The molecule has 0 aromatic heterocycles. The van der Waals surface area contributed by atoms with Gasteiger partial charge < -0.3 is 10.8 Å². The predicted molar refractivity (Wildman–Crippen MR) is 46.9 cm³/mol. The third kappa shape index (κ3) is 2.81. The summed E-state index contributed by atoms with van der Waals surface area (Å²) in [7, 11) is 0. The van der Waals surface area contributed by atoms with Crippen LogP contribution < -0.4 is 5.73 Å². The first-order valence-electron chi connectivity index (χ1n) is 4.63.